The van der Waals surface area contributed by atoms with Crippen LogP contribution in [0.1, 0.15) is 5.56 Å². The normalized spacial score (nSPS) is 11.6. The first-order valence-electron chi connectivity index (χ1n) is 17.8. The summed E-state index contributed by atoms with van der Waals surface area (Å²) in [7, 11) is 2.14. The van der Waals surface area contributed by atoms with Crippen molar-refractivity contribution in [2.45, 2.75) is 0 Å². The van der Waals surface area contributed by atoms with Crippen LogP contribution in [0.2, 0.25) is 0 Å². The highest BCUT2D eigenvalue weighted by atomic mass is 15.1. The molecule has 0 aliphatic heterocycles. The molecule has 2 aromatic heterocycles. The SMILES string of the molecule is C=Cc1cc2ccc3c4ccccc4n(-c4cccc(-c5ccc6c(c5)c5ccccc5n6-c5ccccc5)c4)c3c2cc1N(C)c1ccccc1. The Morgan fingerprint density at radius 2 is 1.10 bits per heavy atom. The molecule has 0 saturated heterocycles. The Labute approximate surface area is 302 Å². The first-order chi connectivity index (χ1) is 25.7. The molecule has 0 spiro atoms. The second kappa shape index (κ2) is 11.9. The molecule has 0 radical (unpaired) electrons. The van der Waals surface area contributed by atoms with E-state index in [2.05, 4.69) is 204 Å². The molecule has 0 atom stereocenters. The summed E-state index contributed by atoms with van der Waals surface area (Å²) in [5.74, 6) is 0. The molecule has 0 aliphatic rings. The molecule has 0 saturated carbocycles. The lowest BCUT2D eigenvalue weighted by Crippen LogP contribution is -2.10. The van der Waals surface area contributed by atoms with E-state index >= 15 is 0 Å². The quantitative estimate of drug-likeness (QED) is 0.172. The third-order valence-corrected chi connectivity index (χ3v) is 10.6. The van der Waals surface area contributed by atoms with E-state index in [0.717, 1.165) is 22.6 Å². The molecule has 10 rings (SSSR count). The van der Waals surface area contributed by atoms with Gasteiger partial charge in [-0.2, -0.15) is 0 Å². The Balaban J connectivity index is 1.19. The Morgan fingerprint density at radius 1 is 0.462 bits per heavy atom. The number of hydrogen-bond acceptors (Lipinski definition) is 1. The van der Waals surface area contributed by atoms with Gasteiger partial charge in [-0.25, -0.2) is 0 Å². The van der Waals surface area contributed by atoms with Gasteiger partial charge in [0.1, 0.15) is 0 Å². The number of hydrogen-bond donors (Lipinski definition) is 0. The first kappa shape index (κ1) is 30.0. The van der Waals surface area contributed by atoms with Crippen LogP contribution in [0.15, 0.2) is 183 Å². The van der Waals surface area contributed by atoms with E-state index in [1.807, 2.05) is 6.08 Å². The van der Waals surface area contributed by atoms with Gasteiger partial charge in [0, 0.05) is 56.7 Å². The van der Waals surface area contributed by atoms with Crippen molar-refractivity contribution >= 4 is 71.8 Å². The first-order valence-corrected chi connectivity index (χ1v) is 17.8. The maximum atomic E-state index is 4.19. The molecule has 0 N–H and O–H groups in total. The van der Waals surface area contributed by atoms with E-state index in [9.17, 15) is 0 Å². The van der Waals surface area contributed by atoms with Gasteiger partial charge in [-0.15, -0.1) is 0 Å². The van der Waals surface area contributed by atoms with Gasteiger partial charge in [0.05, 0.1) is 22.1 Å². The van der Waals surface area contributed by atoms with Crippen molar-refractivity contribution < 1.29 is 0 Å². The van der Waals surface area contributed by atoms with Crippen LogP contribution in [0.25, 0.3) is 83.0 Å². The van der Waals surface area contributed by atoms with Crippen molar-refractivity contribution in [3.63, 3.8) is 0 Å². The summed E-state index contributed by atoms with van der Waals surface area (Å²) in [4.78, 5) is 2.26. The molecule has 52 heavy (non-hydrogen) atoms. The highest BCUT2D eigenvalue weighted by Gasteiger charge is 2.19. The molecular weight excluding hydrogens is 631 g/mol. The maximum Gasteiger partial charge on any atom is 0.0620 e. The average Bonchev–Trinajstić information content (AvgIpc) is 3.73. The Bertz CT molecular complexity index is 2980. The van der Waals surface area contributed by atoms with Crippen LogP contribution in [0.5, 0.6) is 0 Å². The van der Waals surface area contributed by atoms with Crippen LogP contribution in [-0.4, -0.2) is 16.2 Å². The zero-order chi connectivity index (χ0) is 34.8. The zero-order valence-electron chi connectivity index (χ0n) is 28.9. The van der Waals surface area contributed by atoms with Crippen LogP contribution in [0.3, 0.4) is 0 Å². The summed E-state index contributed by atoms with van der Waals surface area (Å²) in [6.45, 7) is 4.19. The predicted molar refractivity (Wildman–Crippen MR) is 223 cm³/mol. The Hall–Kier alpha value is -6.84. The molecule has 10 aromatic rings. The number of fused-ring (bicyclic) bond motifs is 8. The summed E-state index contributed by atoms with van der Waals surface area (Å²) in [5.41, 5.74) is 12.8. The molecule has 0 bridgehead atoms. The van der Waals surface area contributed by atoms with Crippen LogP contribution in [-0.2, 0) is 0 Å². The summed E-state index contributed by atoms with van der Waals surface area (Å²) in [5, 5.41) is 7.38. The smallest absolute Gasteiger partial charge is 0.0620 e. The summed E-state index contributed by atoms with van der Waals surface area (Å²) >= 11 is 0. The Morgan fingerprint density at radius 3 is 1.87 bits per heavy atom. The van der Waals surface area contributed by atoms with Gasteiger partial charge in [0.15, 0.2) is 0 Å². The molecule has 8 aromatic carbocycles. The lowest BCUT2D eigenvalue weighted by Gasteiger charge is -2.23. The standard InChI is InChI=1S/C49H35N3/c1-3-33-29-36-25-27-42-40-21-10-13-24-46(40)52(49(42)43(36)32-48(33)50(2)37-16-6-4-7-17-37)39-20-14-15-34(30-39)35-26-28-47-44(31-35)41-22-11-12-23-45(41)51(47)38-18-8-5-9-19-38/h3-32H,1H2,2H3. The van der Waals surface area contributed by atoms with Gasteiger partial charge in [0.2, 0.25) is 0 Å². The Kier molecular flexibility index (Phi) is 6.87. The molecule has 0 aliphatic carbocycles. The van der Waals surface area contributed by atoms with Crippen LogP contribution >= 0.6 is 0 Å². The topological polar surface area (TPSA) is 13.1 Å². The number of benzene rings is 8. The molecule has 246 valence electrons. The molecule has 0 unspecified atom stereocenters. The van der Waals surface area contributed by atoms with Gasteiger partial charge < -0.3 is 14.0 Å². The largest absolute Gasteiger partial charge is 0.344 e. The molecule has 2 heterocycles. The average molecular weight is 666 g/mol. The van der Waals surface area contributed by atoms with Crippen molar-refractivity contribution in [2.24, 2.45) is 0 Å². The fourth-order valence-electron chi connectivity index (χ4n) is 8.18. The van der Waals surface area contributed by atoms with Crippen LogP contribution < -0.4 is 4.90 Å². The minimum Gasteiger partial charge on any atom is -0.344 e. The van der Waals surface area contributed by atoms with Crippen LogP contribution in [0.4, 0.5) is 11.4 Å². The number of nitrogens with zero attached hydrogens (tertiary/aromatic N) is 3. The van der Waals surface area contributed by atoms with Crippen LogP contribution in [0, 0.1) is 0 Å². The van der Waals surface area contributed by atoms with Gasteiger partial charge in [-0.05, 0) is 94.9 Å². The third kappa shape index (κ3) is 4.60. The monoisotopic (exact) mass is 665 g/mol. The van der Waals surface area contributed by atoms with Crippen molar-refractivity contribution in [3.8, 4) is 22.5 Å². The number of aromatic nitrogens is 2. The van der Waals surface area contributed by atoms with E-state index < -0.39 is 0 Å². The molecule has 3 heteroatoms. The second-order valence-electron chi connectivity index (χ2n) is 13.5. The van der Waals surface area contributed by atoms with Gasteiger partial charge in [-0.1, -0.05) is 116 Å². The van der Waals surface area contributed by atoms with Crippen molar-refractivity contribution in [1.29, 1.82) is 0 Å². The summed E-state index contributed by atoms with van der Waals surface area (Å²) in [6.07, 6.45) is 1.96. The number of para-hydroxylation sites is 4. The summed E-state index contributed by atoms with van der Waals surface area (Å²) < 4.78 is 4.82. The number of rotatable bonds is 6. The van der Waals surface area contributed by atoms with E-state index in [-0.39, 0.29) is 0 Å². The third-order valence-electron chi connectivity index (χ3n) is 10.6. The molecular formula is C49H35N3. The maximum absolute atomic E-state index is 4.19. The fraction of sp³-hybridized carbons (Fsp3) is 0.0204. The zero-order valence-corrected chi connectivity index (χ0v) is 28.9. The van der Waals surface area contributed by atoms with E-state index in [0.29, 0.717) is 0 Å². The minimum atomic E-state index is 1.10. The summed E-state index contributed by atoms with van der Waals surface area (Å²) in [6, 6.07) is 63.7. The van der Waals surface area contributed by atoms with E-state index in [1.54, 1.807) is 0 Å². The lowest BCUT2D eigenvalue weighted by molar-refractivity contribution is 1.18. The number of anilines is 2. The van der Waals surface area contributed by atoms with Crippen molar-refractivity contribution in [1.82, 2.24) is 9.13 Å². The lowest BCUT2D eigenvalue weighted by atomic mass is 10.0. The van der Waals surface area contributed by atoms with E-state index in [1.165, 1.54) is 71.2 Å². The second-order valence-corrected chi connectivity index (χ2v) is 13.5. The van der Waals surface area contributed by atoms with Gasteiger partial charge >= 0.3 is 0 Å². The minimum absolute atomic E-state index is 1.10. The van der Waals surface area contributed by atoms with Crippen molar-refractivity contribution in [2.75, 3.05) is 11.9 Å². The van der Waals surface area contributed by atoms with Gasteiger partial charge in [-0.3, -0.25) is 0 Å². The highest BCUT2D eigenvalue weighted by molar-refractivity contribution is 6.19. The fourth-order valence-corrected chi connectivity index (χ4v) is 8.18. The molecule has 3 nitrogen and oxygen atoms in total. The molecule has 0 amide bonds. The molecule has 0 fully saturated rings. The van der Waals surface area contributed by atoms with E-state index in [4.69, 9.17) is 0 Å². The predicted octanol–water partition coefficient (Wildman–Crippen LogP) is 13.1. The highest BCUT2D eigenvalue weighted by Crippen LogP contribution is 2.41. The van der Waals surface area contributed by atoms with Gasteiger partial charge in [0.25, 0.3) is 0 Å². The van der Waals surface area contributed by atoms with Crippen molar-refractivity contribution in [3.05, 3.63) is 188 Å².